The van der Waals surface area contributed by atoms with Gasteiger partial charge in [0.05, 0.1) is 6.04 Å². The van der Waals surface area contributed by atoms with E-state index in [1.54, 1.807) is 0 Å². The molecule has 2 rings (SSSR count). The van der Waals surface area contributed by atoms with Gasteiger partial charge in [0, 0.05) is 5.57 Å². The first-order chi connectivity index (χ1) is 10.2. The SMILES string of the molecule is C=CC[C@@H]1C=CC=C(C2=N[C@@H](C(C)C)CO2)[C@H]1CCCC. The van der Waals surface area contributed by atoms with Crippen molar-refractivity contribution in [2.45, 2.75) is 52.5 Å². The van der Waals surface area contributed by atoms with Gasteiger partial charge in [-0.15, -0.1) is 6.58 Å². The van der Waals surface area contributed by atoms with Crippen molar-refractivity contribution in [3.8, 4) is 0 Å². The zero-order valence-electron chi connectivity index (χ0n) is 13.7. The third-order valence-electron chi connectivity index (χ3n) is 4.55. The molecule has 0 spiro atoms. The van der Waals surface area contributed by atoms with E-state index < -0.39 is 0 Å². The van der Waals surface area contributed by atoms with Gasteiger partial charge < -0.3 is 4.74 Å². The Labute approximate surface area is 129 Å². The summed E-state index contributed by atoms with van der Waals surface area (Å²) in [5, 5.41) is 0. The van der Waals surface area contributed by atoms with E-state index in [1.807, 2.05) is 6.08 Å². The van der Waals surface area contributed by atoms with Crippen molar-refractivity contribution in [2.75, 3.05) is 6.61 Å². The molecule has 2 heteroatoms. The molecule has 0 amide bonds. The molecule has 0 radical (unpaired) electrons. The van der Waals surface area contributed by atoms with Crippen LogP contribution in [-0.2, 0) is 4.74 Å². The van der Waals surface area contributed by atoms with Gasteiger partial charge in [-0.3, -0.25) is 0 Å². The van der Waals surface area contributed by atoms with Crippen LogP contribution >= 0.6 is 0 Å². The molecule has 0 aromatic carbocycles. The summed E-state index contributed by atoms with van der Waals surface area (Å²) in [5.74, 6) is 2.50. The monoisotopic (exact) mass is 287 g/mol. The normalized spacial score (nSPS) is 28.3. The highest BCUT2D eigenvalue weighted by Gasteiger charge is 2.31. The van der Waals surface area contributed by atoms with E-state index in [9.17, 15) is 0 Å². The lowest BCUT2D eigenvalue weighted by Gasteiger charge is -2.28. The summed E-state index contributed by atoms with van der Waals surface area (Å²) in [7, 11) is 0. The summed E-state index contributed by atoms with van der Waals surface area (Å²) in [5.41, 5.74) is 1.31. The Morgan fingerprint density at radius 1 is 1.48 bits per heavy atom. The molecule has 0 bridgehead atoms. The van der Waals surface area contributed by atoms with Gasteiger partial charge in [0.25, 0.3) is 0 Å². The molecule has 1 aliphatic heterocycles. The van der Waals surface area contributed by atoms with Gasteiger partial charge >= 0.3 is 0 Å². The topological polar surface area (TPSA) is 21.6 Å². The molecule has 0 unspecified atom stereocenters. The number of ether oxygens (including phenoxy) is 1. The third-order valence-corrected chi connectivity index (χ3v) is 4.55. The van der Waals surface area contributed by atoms with Gasteiger partial charge in [-0.05, 0) is 30.6 Å². The first-order valence-corrected chi connectivity index (χ1v) is 8.37. The summed E-state index contributed by atoms with van der Waals surface area (Å²) in [6, 6.07) is 0.316. The van der Waals surface area contributed by atoms with Crippen LogP contribution in [0.2, 0.25) is 0 Å². The Morgan fingerprint density at radius 2 is 2.29 bits per heavy atom. The van der Waals surface area contributed by atoms with Crippen molar-refractivity contribution in [3.63, 3.8) is 0 Å². The van der Waals surface area contributed by atoms with Crippen LogP contribution in [-0.4, -0.2) is 18.5 Å². The highest BCUT2D eigenvalue weighted by atomic mass is 16.5. The van der Waals surface area contributed by atoms with Crippen LogP contribution in [0, 0.1) is 17.8 Å². The zero-order chi connectivity index (χ0) is 15.2. The lowest BCUT2D eigenvalue weighted by Crippen LogP contribution is -2.23. The molecule has 0 saturated heterocycles. The Balaban J connectivity index is 2.18. The molecule has 116 valence electrons. The highest BCUT2D eigenvalue weighted by Crippen LogP contribution is 2.35. The smallest absolute Gasteiger partial charge is 0.212 e. The largest absolute Gasteiger partial charge is 0.475 e. The second kappa shape index (κ2) is 7.63. The lowest BCUT2D eigenvalue weighted by molar-refractivity contribution is 0.286. The number of nitrogens with zero attached hydrogens (tertiary/aromatic N) is 1. The molecule has 21 heavy (non-hydrogen) atoms. The van der Waals surface area contributed by atoms with Gasteiger partial charge in [0.2, 0.25) is 5.90 Å². The highest BCUT2D eigenvalue weighted by molar-refractivity contribution is 5.95. The average Bonchev–Trinajstić information content (AvgIpc) is 2.96. The summed E-state index contributed by atoms with van der Waals surface area (Å²) in [6.45, 7) is 11.3. The van der Waals surface area contributed by atoms with E-state index in [-0.39, 0.29) is 0 Å². The second-order valence-electron chi connectivity index (χ2n) is 6.50. The minimum Gasteiger partial charge on any atom is -0.475 e. The summed E-state index contributed by atoms with van der Waals surface area (Å²) in [4.78, 5) is 4.83. The maximum Gasteiger partial charge on any atom is 0.212 e. The van der Waals surface area contributed by atoms with Gasteiger partial charge in [0.1, 0.15) is 6.61 Å². The molecule has 0 fully saturated rings. The molecule has 0 saturated carbocycles. The van der Waals surface area contributed by atoms with Crippen molar-refractivity contribution in [2.24, 2.45) is 22.7 Å². The van der Waals surface area contributed by atoms with Crippen LogP contribution in [0.15, 0.2) is 41.4 Å². The van der Waals surface area contributed by atoms with Crippen LogP contribution in [0.1, 0.15) is 46.5 Å². The average molecular weight is 287 g/mol. The molecule has 2 aliphatic rings. The minimum absolute atomic E-state index is 0.316. The fraction of sp³-hybridized carbons (Fsp3) is 0.632. The predicted octanol–water partition coefficient (Wildman–Crippen LogP) is 4.93. The fourth-order valence-corrected chi connectivity index (χ4v) is 3.14. The van der Waals surface area contributed by atoms with Crippen molar-refractivity contribution >= 4 is 5.90 Å². The number of rotatable bonds is 7. The molecular weight excluding hydrogens is 258 g/mol. The molecule has 1 heterocycles. The number of hydrogen-bond donors (Lipinski definition) is 0. The maximum atomic E-state index is 5.93. The standard InChI is InChI=1S/C19H29NO/c1-5-7-11-16-15(9-6-2)10-8-12-17(16)19-20-18(13-21-19)14(3)4/h6,8,10,12,14-16,18H,2,5,7,9,11,13H2,1,3-4H3/t15-,16+,18-/m1/s1. The number of unbranched alkanes of at least 4 members (excludes halogenated alkanes) is 1. The van der Waals surface area contributed by atoms with Crippen molar-refractivity contribution in [1.29, 1.82) is 0 Å². The Bertz CT molecular complexity index is 444. The third kappa shape index (κ3) is 3.87. The Morgan fingerprint density at radius 3 is 2.90 bits per heavy atom. The van der Waals surface area contributed by atoms with Crippen LogP contribution in [0.5, 0.6) is 0 Å². The van der Waals surface area contributed by atoms with Crippen LogP contribution in [0.4, 0.5) is 0 Å². The van der Waals surface area contributed by atoms with E-state index in [4.69, 9.17) is 9.73 Å². The lowest BCUT2D eigenvalue weighted by atomic mass is 9.77. The van der Waals surface area contributed by atoms with E-state index in [0.717, 1.165) is 18.9 Å². The molecule has 0 N–H and O–H groups in total. The first-order valence-electron chi connectivity index (χ1n) is 8.37. The van der Waals surface area contributed by atoms with Gasteiger partial charge in [0.15, 0.2) is 0 Å². The molecule has 2 nitrogen and oxygen atoms in total. The van der Waals surface area contributed by atoms with Crippen LogP contribution < -0.4 is 0 Å². The molecule has 3 atom stereocenters. The zero-order valence-corrected chi connectivity index (χ0v) is 13.7. The Kier molecular flexibility index (Phi) is 5.84. The number of allylic oxidation sites excluding steroid dienone is 4. The predicted molar refractivity (Wildman–Crippen MR) is 90.6 cm³/mol. The van der Waals surface area contributed by atoms with E-state index in [2.05, 4.69) is 45.6 Å². The fourth-order valence-electron chi connectivity index (χ4n) is 3.14. The summed E-state index contributed by atoms with van der Waals surface area (Å²) in [6.07, 6.45) is 13.5. The molecule has 0 aromatic rings. The van der Waals surface area contributed by atoms with Gasteiger partial charge in [-0.2, -0.15) is 0 Å². The second-order valence-corrected chi connectivity index (χ2v) is 6.50. The van der Waals surface area contributed by atoms with Gasteiger partial charge in [-0.25, -0.2) is 4.99 Å². The van der Waals surface area contributed by atoms with Crippen molar-refractivity contribution in [1.82, 2.24) is 0 Å². The van der Waals surface area contributed by atoms with Gasteiger partial charge in [-0.1, -0.05) is 57.9 Å². The summed E-state index contributed by atoms with van der Waals surface area (Å²) >= 11 is 0. The quantitative estimate of drug-likeness (QED) is 0.608. The number of hydrogen-bond acceptors (Lipinski definition) is 2. The first kappa shape index (κ1) is 16.1. The maximum absolute atomic E-state index is 5.93. The van der Waals surface area contributed by atoms with Crippen LogP contribution in [0.3, 0.4) is 0 Å². The molecular formula is C19H29NO. The van der Waals surface area contributed by atoms with Crippen molar-refractivity contribution < 1.29 is 4.74 Å². The summed E-state index contributed by atoms with van der Waals surface area (Å²) < 4.78 is 5.93. The minimum atomic E-state index is 0.316. The molecule has 0 aromatic heterocycles. The van der Waals surface area contributed by atoms with E-state index in [0.29, 0.717) is 23.8 Å². The Hall–Kier alpha value is -1.31. The van der Waals surface area contributed by atoms with Crippen molar-refractivity contribution in [3.05, 3.63) is 36.5 Å². The number of aliphatic imine (C=N–C) groups is 1. The van der Waals surface area contributed by atoms with E-state index >= 15 is 0 Å². The molecule has 1 aliphatic carbocycles. The van der Waals surface area contributed by atoms with E-state index in [1.165, 1.54) is 24.8 Å². The van der Waals surface area contributed by atoms with Crippen LogP contribution in [0.25, 0.3) is 0 Å².